The second kappa shape index (κ2) is 6.43. The molecule has 3 aromatic heterocycles. The monoisotopic (exact) mass is 352 g/mol. The van der Waals surface area contributed by atoms with Crippen molar-refractivity contribution in [1.82, 2.24) is 25.5 Å². The predicted octanol–water partition coefficient (Wildman–Crippen LogP) is 1.77. The number of fused-ring (bicyclic) bond motifs is 1. The van der Waals surface area contributed by atoms with E-state index in [4.69, 9.17) is 4.74 Å². The van der Waals surface area contributed by atoms with Crippen LogP contribution >= 0.6 is 0 Å². The van der Waals surface area contributed by atoms with Crippen LogP contribution in [0.15, 0.2) is 30.6 Å². The Morgan fingerprint density at radius 2 is 2.23 bits per heavy atom. The van der Waals surface area contributed by atoms with E-state index in [-0.39, 0.29) is 0 Å². The highest BCUT2D eigenvalue weighted by atomic mass is 16.5. The summed E-state index contributed by atoms with van der Waals surface area (Å²) < 4.78 is 4.81. The molecule has 26 heavy (non-hydrogen) atoms. The minimum absolute atomic E-state index is 0.319. The van der Waals surface area contributed by atoms with Gasteiger partial charge in [0, 0.05) is 41.5 Å². The lowest BCUT2D eigenvalue weighted by Gasteiger charge is -2.09. The molecule has 132 valence electrons. The fraction of sp³-hybridized carbons (Fsp3) is 0.235. The van der Waals surface area contributed by atoms with Gasteiger partial charge in [-0.2, -0.15) is 5.10 Å². The first kappa shape index (κ1) is 16.0. The molecule has 1 atom stereocenters. The number of pyridine rings is 2. The highest BCUT2D eigenvalue weighted by Gasteiger charge is 2.28. The third-order valence-corrected chi connectivity index (χ3v) is 4.10. The van der Waals surface area contributed by atoms with E-state index in [9.17, 15) is 9.59 Å². The topological polar surface area (TPSA) is 122 Å². The number of cyclic esters (lactones) is 1. The van der Waals surface area contributed by atoms with Crippen LogP contribution in [0.5, 0.6) is 0 Å². The molecule has 3 aromatic rings. The van der Waals surface area contributed by atoms with Crippen molar-refractivity contribution in [2.45, 2.75) is 19.4 Å². The first-order valence-corrected chi connectivity index (χ1v) is 8.11. The number of aromatic amines is 1. The van der Waals surface area contributed by atoms with Crippen LogP contribution in [0.1, 0.15) is 12.1 Å². The molecule has 9 heteroatoms. The second-order valence-electron chi connectivity index (χ2n) is 5.98. The molecule has 1 aliphatic rings. The highest BCUT2D eigenvalue weighted by Crippen LogP contribution is 2.26. The molecule has 9 nitrogen and oxygen atoms in total. The van der Waals surface area contributed by atoms with E-state index in [1.54, 1.807) is 18.5 Å². The quantitative estimate of drug-likeness (QED) is 0.618. The number of nitrogens with zero attached hydrogens (tertiary/aromatic N) is 3. The molecule has 0 aliphatic carbocycles. The van der Waals surface area contributed by atoms with Gasteiger partial charge in [-0.25, -0.2) is 14.6 Å². The molecule has 0 radical (unpaired) electrons. The molecule has 4 heterocycles. The number of aromatic nitrogens is 4. The van der Waals surface area contributed by atoms with E-state index in [1.165, 1.54) is 0 Å². The zero-order valence-electron chi connectivity index (χ0n) is 13.9. The number of aryl methyl sites for hydroxylation is 1. The van der Waals surface area contributed by atoms with Crippen LogP contribution in [0.2, 0.25) is 0 Å². The number of esters is 1. The molecule has 4 rings (SSSR count). The van der Waals surface area contributed by atoms with Crippen molar-refractivity contribution in [3.8, 4) is 11.3 Å². The number of H-pyrrole nitrogens is 1. The Balaban J connectivity index is 1.53. The van der Waals surface area contributed by atoms with Crippen LogP contribution in [-0.4, -0.2) is 44.8 Å². The van der Waals surface area contributed by atoms with Crippen molar-refractivity contribution in [3.63, 3.8) is 0 Å². The lowest BCUT2D eigenvalue weighted by molar-refractivity contribution is -0.139. The number of carbonyl (C=O) groups is 2. The summed E-state index contributed by atoms with van der Waals surface area (Å²) in [7, 11) is 0. The molecule has 1 unspecified atom stereocenters. The predicted molar refractivity (Wildman–Crippen MR) is 93.4 cm³/mol. The van der Waals surface area contributed by atoms with E-state index in [2.05, 4.69) is 30.8 Å². The molecule has 1 fully saturated rings. The fourth-order valence-corrected chi connectivity index (χ4v) is 2.83. The van der Waals surface area contributed by atoms with Gasteiger partial charge in [0.15, 0.2) is 0 Å². The van der Waals surface area contributed by atoms with Gasteiger partial charge in [0.05, 0.1) is 12.1 Å². The molecular formula is C17H16N6O3. The van der Waals surface area contributed by atoms with Crippen LogP contribution in [0.25, 0.3) is 22.2 Å². The lowest BCUT2D eigenvalue weighted by Crippen LogP contribution is -2.40. The van der Waals surface area contributed by atoms with Crippen molar-refractivity contribution in [3.05, 3.63) is 36.3 Å². The molecular weight excluding hydrogens is 336 g/mol. The number of carbonyl (C=O) groups excluding carboxylic acids is 2. The average Bonchev–Trinajstić information content (AvgIpc) is 3.21. The summed E-state index contributed by atoms with van der Waals surface area (Å²) in [5, 5.41) is 13.3. The van der Waals surface area contributed by atoms with Crippen molar-refractivity contribution in [2.24, 2.45) is 0 Å². The Bertz CT molecular complexity index is 999. The van der Waals surface area contributed by atoms with Crippen LogP contribution in [-0.2, 0) is 9.53 Å². The van der Waals surface area contributed by atoms with Gasteiger partial charge in [0.2, 0.25) is 0 Å². The smallest absolute Gasteiger partial charge is 0.328 e. The summed E-state index contributed by atoms with van der Waals surface area (Å²) in [5.41, 5.74) is 3.33. The van der Waals surface area contributed by atoms with Crippen LogP contribution in [0.3, 0.4) is 0 Å². The number of ether oxygens (including phenoxy) is 1. The Labute approximate surface area is 148 Å². The summed E-state index contributed by atoms with van der Waals surface area (Å²) in [6.07, 6.45) is 3.84. The van der Waals surface area contributed by atoms with Crippen molar-refractivity contribution in [2.75, 3.05) is 11.9 Å². The van der Waals surface area contributed by atoms with Gasteiger partial charge in [-0.1, -0.05) is 0 Å². The largest absolute Gasteiger partial charge is 0.464 e. The number of nitrogens with one attached hydrogen (secondary N) is 3. The van der Waals surface area contributed by atoms with Crippen molar-refractivity contribution in [1.29, 1.82) is 0 Å². The second-order valence-corrected chi connectivity index (χ2v) is 5.98. The first-order valence-electron chi connectivity index (χ1n) is 8.11. The minimum Gasteiger partial charge on any atom is -0.464 e. The number of urea groups is 1. The zero-order valence-corrected chi connectivity index (χ0v) is 13.9. The summed E-state index contributed by atoms with van der Waals surface area (Å²) in [5.74, 6) is -0.0723. The molecule has 0 saturated carbocycles. The summed E-state index contributed by atoms with van der Waals surface area (Å²) in [4.78, 5) is 31.9. The minimum atomic E-state index is -0.618. The first-order chi connectivity index (χ1) is 12.6. The van der Waals surface area contributed by atoms with E-state index in [0.29, 0.717) is 18.8 Å². The number of anilines is 1. The number of amides is 2. The molecule has 1 saturated heterocycles. The Kier molecular flexibility index (Phi) is 3.96. The molecule has 0 spiro atoms. The Morgan fingerprint density at radius 1 is 1.35 bits per heavy atom. The molecule has 3 N–H and O–H groups in total. The van der Waals surface area contributed by atoms with Crippen LogP contribution in [0, 0.1) is 6.92 Å². The number of rotatable bonds is 3. The SMILES string of the molecule is Cc1cc(-c2n[nH]c3cc(NC(=O)NC4CCOC4=O)ncc23)ccn1. The van der Waals surface area contributed by atoms with Crippen LogP contribution < -0.4 is 10.6 Å². The Hall–Kier alpha value is -3.49. The highest BCUT2D eigenvalue weighted by molar-refractivity contribution is 5.96. The molecule has 0 bridgehead atoms. The zero-order chi connectivity index (χ0) is 18.1. The fourth-order valence-electron chi connectivity index (χ4n) is 2.83. The van der Waals surface area contributed by atoms with E-state index < -0.39 is 18.0 Å². The van der Waals surface area contributed by atoms with Gasteiger partial charge in [0.1, 0.15) is 17.6 Å². The van der Waals surface area contributed by atoms with E-state index >= 15 is 0 Å². The van der Waals surface area contributed by atoms with E-state index in [0.717, 1.165) is 27.9 Å². The van der Waals surface area contributed by atoms with Gasteiger partial charge < -0.3 is 10.1 Å². The molecule has 0 aromatic carbocycles. The van der Waals surface area contributed by atoms with Crippen molar-refractivity contribution < 1.29 is 14.3 Å². The number of hydrogen-bond donors (Lipinski definition) is 3. The van der Waals surface area contributed by atoms with Crippen molar-refractivity contribution >= 4 is 28.7 Å². The maximum atomic E-state index is 12.0. The third kappa shape index (κ3) is 3.06. The third-order valence-electron chi connectivity index (χ3n) is 4.10. The standard InChI is InChI=1S/C17H16N6O3/c1-9-6-10(2-4-18-9)15-11-8-19-14(7-13(11)22-23-15)21-17(25)20-12-3-5-26-16(12)24/h2,4,6-8,12H,3,5H2,1H3,(H,22,23)(H2,19,20,21,25). The Morgan fingerprint density at radius 3 is 3.00 bits per heavy atom. The lowest BCUT2D eigenvalue weighted by atomic mass is 10.1. The molecule has 1 aliphatic heterocycles. The van der Waals surface area contributed by atoms with Gasteiger partial charge >= 0.3 is 12.0 Å². The maximum absolute atomic E-state index is 12.0. The summed E-state index contributed by atoms with van der Waals surface area (Å²) >= 11 is 0. The number of hydrogen-bond acceptors (Lipinski definition) is 6. The summed E-state index contributed by atoms with van der Waals surface area (Å²) in [6, 6.07) is 4.38. The van der Waals surface area contributed by atoms with Gasteiger partial charge in [-0.3, -0.25) is 15.4 Å². The normalized spacial score (nSPS) is 16.5. The summed E-state index contributed by atoms with van der Waals surface area (Å²) in [6.45, 7) is 2.23. The molecule has 2 amide bonds. The van der Waals surface area contributed by atoms with Crippen LogP contribution in [0.4, 0.5) is 10.6 Å². The van der Waals surface area contributed by atoms with Gasteiger partial charge in [0.25, 0.3) is 0 Å². The average molecular weight is 352 g/mol. The van der Waals surface area contributed by atoms with E-state index in [1.807, 2.05) is 19.1 Å². The maximum Gasteiger partial charge on any atom is 0.328 e. The van der Waals surface area contributed by atoms with Gasteiger partial charge in [-0.15, -0.1) is 0 Å². The van der Waals surface area contributed by atoms with Gasteiger partial charge in [-0.05, 0) is 19.1 Å².